The van der Waals surface area contributed by atoms with Crippen molar-refractivity contribution in [3.8, 4) is 78.3 Å². The van der Waals surface area contributed by atoms with Crippen LogP contribution in [0.5, 0.6) is 0 Å². The van der Waals surface area contributed by atoms with E-state index in [1.54, 1.807) is 62.9 Å². The lowest BCUT2D eigenvalue weighted by Gasteiger charge is -2.30. The van der Waals surface area contributed by atoms with Gasteiger partial charge in [0, 0.05) is 140 Å². The standard InChI is InChI=1S/C26H27BrN6O2.C25H24BrN5O2.C24H23N5O3S.C21H22BrN5O2/c1-32(35-2)26(34)18-10-8-17(9-11-18)23-22(27)24(28)33-25(31-23)20(15-30-33)19-12-13-21(29-14-19)16-6-4-3-5-7-16;1-14-4-2-3-5-18(14)20-11-10-17(12-28-20)19-13-29-31-23(27)21(26)22(30-24(19)31)15-6-8-16(9-7-15)25(32)33;1-13(30)20-21(14-2-4-15(5-3-14)24(31)32)28-23-18(11-27-29(23)22(20)25)16-6-7-19(26-10-16)17-8-9-33-12-17;22-17-18(12-3-5-13(6-4-12)21(28)29)26-20-15(10-25-27(20)19(17)23)14-7-8-16(24-9-14)11-1-2-11/h3-7,12-15,17-18H,8-11,28H2,1-2H3;2-5,10-13,15-16H,6-9,27H2,1H3,(H,32,33);6-12,14-15H,2-5,25H2,1H3,(H,31,32);7-13H,1-6,23H2,(H,28,29). The molecule has 0 bridgehead atoms. The summed E-state index contributed by atoms with van der Waals surface area (Å²) in [5, 5.41) is 51.1. The SMILES string of the molecule is CC(=O)c1c(C2CCC(C(=O)O)CC2)nc2c(-c3ccc(-c4ccsc4)nc3)cnn2c1N.CON(C)C(=O)C1CCC(c2nc3c(-c4ccc(-c5ccccc5)nc4)cnn3c(N)c2Br)CC1.Cc1ccccc1-c1ccc(-c2cnn3c(N)c(Br)c(C4CCC(C(=O)O)CC4)nc23)cn1.Nc1c(Br)c(C2CCC(C(=O)O)CC2)nc2c(-c3ccc(C4CC4)nc3)cnn12. The van der Waals surface area contributed by atoms with E-state index >= 15 is 0 Å². The lowest BCUT2D eigenvalue weighted by atomic mass is 9.79. The highest BCUT2D eigenvalue weighted by molar-refractivity contribution is 9.11. The van der Waals surface area contributed by atoms with Crippen molar-refractivity contribution in [1.29, 1.82) is 0 Å². The van der Waals surface area contributed by atoms with Gasteiger partial charge in [-0.3, -0.25) is 48.7 Å². The number of nitrogens with zero attached hydrogens (tertiary/aromatic N) is 17. The number of aryl methyl sites for hydroxylation is 1. The molecule has 5 saturated carbocycles. The van der Waals surface area contributed by atoms with Gasteiger partial charge in [-0.2, -0.15) is 49.8 Å². The molecule has 0 unspecified atom stereocenters. The van der Waals surface area contributed by atoms with Crippen LogP contribution in [0.25, 0.3) is 101 Å². The van der Waals surface area contributed by atoms with Gasteiger partial charge in [-0.05, 0) is 218 Å². The summed E-state index contributed by atoms with van der Waals surface area (Å²) < 4.78 is 8.71. The normalized spacial score (nSPS) is 19.2. The third-order valence-electron chi connectivity index (χ3n) is 26.1. The minimum absolute atomic E-state index is 0.0198. The summed E-state index contributed by atoms with van der Waals surface area (Å²) in [6, 6.07) is 36.5. The molecular weight excluding hydrogens is 1860 g/mol. The van der Waals surface area contributed by atoms with E-state index in [1.807, 2.05) is 114 Å². The predicted molar refractivity (Wildman–Crippen MR) is 508 cm³/mol. The average Bonchev–Trinajstić information content (AvgIpc) is 1.52. The number of thiophene rings is 1. The number of Topliss-reactive ketones (excluding diaryl/α,β-unsaturated/α-hetero) is 1. The Balaban J connectivity index is 0.000000122. The molecule has 13 aromatic heterocycles. The summed E-state index contributed by atoms with van der Waals surface area (Å²) in [6.45, 7) is 3.55. The highest BCUT2D eigenvalue weighted by Gasteiger charge is 2.37. The van der Waals surface area contributed by atoms with Crippen LogP contribution in [0.2, 0.25) is 0 Å². The van der Waals surface area contributed by atoms with Gasteiger partial charge in [-0.1, -0.05) is 78.9 Å². The van der Waals surface area contributed by atoms with Gasteiger partial charge in [0.05, 0.1) is 108 Å². The fraction of sp³-hybridized carbons (Fsp3) is 0.323. The number of amides is 1. The molecule has 30 nitrogen and oxygen atoms in total. The van der Waals surface area contributed by atoms with Crippen molar-refractivity contribution in [2.75, 3.05) is 37.1 Å². The molecular formula is C96H96Br3N21O9S. The first-order chi connectivity index (χ1) is 62.9. The monoisotopic (exact) mass is 1960 g/mol. The molecule has 0 saturated heterocycles. The Morgan fingerprint density at radius 3 is 1.10 bits per heavy atom. The highest BCUT2D eigenvalue weighted by atomic mass is 79.9. The van der Waals surface area contributed by atoms with E-state index in [0.717, 1.165) is 166 Å². The molecule has 34 heteroatoms. The number of carbonyl (C=O) groups excluding carboxylic acids is 2. The number of carboxylic acids is 3. The van der Waals surface area contributed by atoms with Gasteiger partial charge in [0.1, 0.15) is 23.3 Å². The van der Waals surface area contributed by atoms with Gasteiger partial charge >= 0.3 is 17.9 Å². The molecule has 5 aliphatic carbocycles. The van der Waals surface area contributed by atoms with Gasteiger partial charge in [0.15, 0.2) is 28.4 Å². The second-order valence-electron chi connectivity index (χ2n) is 34.0. The largest absolute Gasteiger partial charge is 0.481 e. The Bertz CT molecular complexity index is 6720. The number of fused-ring (bicyclic) bond motifs is 4. The number of carbonyl (C=O) groups is 5. The minimum atomic E-state index is -0.764. The number of pyridine rings is 4. The average molecular weight is 1960 g/mol. The van der Waals surface area contributed by atoms with Gasteiger partial charge in [-0.25, -0.2) is 25.0 Å². The van der Waals surface area contributed by atoms with Crippen LogP contribution in [0.4, 0.5) is 23.3 Å². The molecule has 11 N–H and O–H groups in total. The van der Waals surface area contributed by atoms with Crippen LogP contribution in [-0.4, -0.2) is 142 Å². The first-order valence-corrected chi connectivity index (χ1v) is 46.9. The van der Waals surface area contributed by atoms with Gasteiger partial charge in [0.25, 0.3) is 0 Å². The van der Waals surface area contributed by atoms with Crippen molar-refractivity contribution < 1.29 is 44.1 Å². The zero-order chi connectivity index (χ0) is 90.9. The molecule has 0 spiro atoms. The number of hydroxylamine groups is 2. The zero-order valence-electron chi connectivity index (χ0n) is 71.8. The summed E-state index contributed by atoms with van der Waals surface area (Å²) in [5.41, 5.74) is 47.4. The summed E-state index contributed by atoms with van der Waals surface area (Å²) in [5.74, 6) is -0.307. The number of anilines is 4. The van der Waals surface area contributed by atoms with Crippen molar-refractivity contribution in [2.24, 2.45) is 23.7 Å². The Kier molecular flexibility index (Phi) is 26.5. The number of aliphatic carboxylic acids is 3. The van der Waals surface area contributed by atoms with Crippen LogP contribution >= 0.6 is 59.1 Å². The summed E-state index contributed by atoms with van der Waals surface area (Å²) in [4.78, 5) is 102. The van der Waals surface area contributed by atoms with Crippen LogP contribution in [0, 0.1) is 30.6 Å². The van der Waals surface area contributed by atoms with E-state index < -0.39 is 17.9 Å². The molecule has 1 amide bonds. The van der Waals surface area contributed by atoms with Crippen molar-refractivity contribution in [1.82, 2.24) is 83.4 Å². The molecule has 130 heavy (non-hydrogen) atoms. The highest BCUT2D eigenvalue weighted by Crippen LogP contribution is 2.47. The Morgan fingerprint density at radius 2 is 0.746 bits per heavy atom. The van der Waals surface area contributed by atoms with Crippen molar-refractivity contribution in [3.63, 3.8) is 0 Å². The van der Waals surface area contributed by atoms with E-state index in [1.165, 1.54) is 42.0 Å². The van der Waals surface area contributed by atoms with E-state index in [9.17, 15) is 39.3 Å². The Labute approximate surface area is 777 Å². The van der Waals surface area contributed by atoms with Crippen LogP contribution in [0.3, 0.4) is 0 Å². The van der Waals surface area contributed by atoms with Crippen molar-refractivity contribution in [2.45, 2.75) is 159 Å². The lowest BCUT2D eigenvalue weighted by Crippen LogP contribution is -2.34. The molecule has 0 atom stereocenters. The van der Waals surface area contributed by atoms with E-state index in [-0.39, 0.29) is 64.9 Å². The molecule has 666 valence electrons. The first-order valence-electron chi connectivity index (χ1n) is 43.5. The molecule has 20 rings (SSSR count). The molecule has 5 fully saturated rings. The quantitative estimate of drug-likeness (QED) is 0.0310. The van der Waals surface area contributed by atoms with E-state index in [4.69, 9.17) is 47.7 Å². The number of hydrogen-bond donors (Lipinski definition) is 7. The topological polar surface area (TPSA) is 435 Å². The number of nitrogens with two attached hydrogens (primary N) is 4. The predicted octanol–water partition coefficient (Wildman–Crippen LogP) is 19.6. The van der Waals surface area contributed by atoms with Crippen LogP contribution in [0.15, 0.2) is 183 Å². The van der Waals surface area contributed by atoms with Crippen molar-refractivity contribution in [3.05, 3.63) is 223 Å². The molecule has 2 aromatic carbocycles. The van der Waals surface area contributed by atoms with E-state index in [0.29, 0.717) is 109 Å². The molecule has 13 heterocycles. The number of rotatable bonds is 18. The number of benzene rings is 2. The number of halogens is 3. The molecule has 0 aliphatic heterocycles. The van der Waals surface area contributed by atoms with E-state index in [2.05, 4.69) is 119 Å². The smallest absolute Gasteiger partial charge is 0.306 e. The molecule has 15 aromatic rings. The first kappa shape index (κ1) is 89.4. The fourth-order valence-corrected chi connectivity index (χ4v) is 20.8. The fourth-order valence-electron chi connectivity index (χ4n) is 18.4. The van der Waals surface area contributed by atoms with Crippen molar-refractivity contribution >= 4 is 135 Å². The second kappa shape index (κ2) is 38.6. The third kappa shape index (κ3) is 18.4. The maximum atomic E-state index is 12.5. The summed E-state index contributed by atoms with van der Waals surface area (Å²) in [7, 11) is 3.17. The van der Waals surface area contributed by atoms with Crippen LogP contribution in [-0.2, 0) is 24.0 Å². The summed E-state index contributed by atoms with van der Waals surface area (Å²) >= 11 is 12.5. The number of carboxylic acid groups (broad SMARTS) is 3. The van der Waals surface area contributed by atoms with Gasteiger partial charge in [-0.15, -0.1) is 0 Å². The number of ketones is 1. The van der Waals surface area contributed by atoms with Gasteiger partial charge in [0.2, 0.25) is 5.91 Å². The maximum absolute atomic E-state index is 12.5. The Morgan fingerprint density at radius 1 is 0.392 bits per heavy atom. The lowest BCUT2D eigenvalue weighted by molar-refractivity contribution is -0.174. The molecule has 5 aliphatic rings. The summed E-state index contributed by atoms with van der Waals surface area (Å²) in [6.07, 6.45) is 28.3. The van der Waals surface area contributed by atoms with Crippen LogP contribution < -0.4 is 22.9 Å². The zero-order valence-corrected chi connectivity index (χ0v) is 77.4. The number of aromatic nitrogens is 16. The second-order valence-corrected chi connectivity index (χ2v) is 37.2. The third-order valence-corrected chi connectivity index (χ3v) is 29.2. The number of nitrogen functional groups attached to an aromatic ring is 4. The van der Waals surface area contributed by atoms with Crippen LogP contribution in [0.1, 0.15) is 196 Å². The molecule has 0 radical (unpaired) electrons. The maximum Gasteiger partial charge on any atom is 0.306 e. The minimum Gasteiger partial charge on any atom is -0.481 e. The van der Waals surface area contributed by atoms with Gasteiger partial charge < -0.3 is 38.3 Å². The number of hydrogen-bond acceptors (Lipinski definition) is 23. The Hall–Kier alpha value is -12.6.